The molecule has 0 saturated carbocycles. The largest absolute Gasteiger partial charge is 0.497 e. The smallest absolute Gasteiger partial charge is 0.181 e. The average Bonchev–Trinajstić information content (AvgIpc) is 3.03. The Hall–Kier alpha value is -2.53. The van der Waals surface area contributed by atoms with Crippen LogP contribution in [0, 0.1) is 5.92 Å². The molecule has 2 heterocycles. The normalized spacial score (nSPS) is 26.2. The van der Waals surface area contributed by atoms with Gasteiger partial charge in [0.1, 0.15) is 17.4 Å². The fourth-order valence-corrected chi connectivity index (χ4v) is 4.25. The maximum absolute atomic E-state index is 12.3. The Morgan fingerprint density at radius 1 is 1.36 bits per heavy atom. The Kier molecular flexibility index (Phi) is 4.58. The maximum Gasteiger partial charge on any atom is 0.181 e. The first kappa shape index (κ1) is 18.8. The highest BCUT2D eigenvalue weighted by molar-refractivity contribution is 6.07. The second-order valence-electron chi connectivity index (χ2n) is 8.11. The molecule has 0 spiro atoms. The van der Waals surface area contributed by atoms with E-state index < -0.39 is 5.60 Å². The Morgan fingerprint density at radius 2 is 2.14 bits per heavy atom. The van der Waals surface area contributed by atoms with Gasteiger partial charge in [-0.25, -0.2) is 0 Å². The Bertz CT molecular complexity index is 1060. The summed E-state index contributed by atoms with van der Waals surface area (Å²) in [7, 11) is 1.65. The van der Waals surface area contributed by atoms with Crippen molar-refractivity contribution in [1.82, 2.24) is 0 Å². The van der Waals surface area contributed by atoms with Crippen LogP contribution in [0.4, 0.5) is 0 Å². The molecule has 0 amide bonds. The van der Waals surface area contributed by atoms with Crippen LogP contribution in [0.2, 0.25) is 0 Å². The molecule has 146 valence electrons. The Labute approximate surface area is 164 Å². The van der Waals surface area contributed by atoms with Gasteiger partial charge in [0, 0.05) is 35.5 Å². The molecule has 0 radical (unpaired) electrons. The highest BCUT2D eigenvalue weighted by atomic mass is 16.5. The lowest BCUT2D eigenvalue weighted by Crippen LogP contribution is -2.39. The lowest BCUT2D eigenvalue weighted by atomic mass is 9.77. The number of ether oxygens (including phenoxy) is 1. The van der Waals surface area contributed by atoms with E-state index in [-0.39, 0.29) is 17.7 Å². The van der Waals surface area contributed by atoms with Gasteiger partial charge >= 0.3 is 0 Å². The summed E-state index contributed by atoms with van der Waals surface area (Å²) in [5.41, 5.74) is 2.25. The van der Waals surface area contributed by atoms with Gasteiger partial charge in [-0.2, -0.15) is 0 Å². The van der Waals surface area contributed by atoms with Gasteiger partial charge in [0.2, 0.25) is 0 Å². The van der Waals surface area contributed by atoms with Gasteiger partial charge in [0.05, 0.1) is 12.5 Å². The van der Waals surface area contributed by atoms with Crippen molar-refractivity contribution < 1.29 is 14.6 Å². The Morgan fingerprint density at radius 3 is 2.86 bits per heavy atom. The first-order chi connectivity index (χ1) is 13.3. The Balaban J connectivity index is 1.71. The molecule has 0 saturated heterocycles. The molecular formula is C23H26N2O3. The van der Waals surface area contributed by atoms with Crippen LogP contribution in [-0.2, 0) is 4.79 Å². The van der Waals surface area contributed by atoms with Gasteiger partial charge in [0.25, 0.3) is 0 Å². The third-order valence-corrected chi connectivity index (χ3v) is 5.94. The highest BCUT2D eigenvalue weighted by Gasteiger charge is 2.38. The predicted molar refractivity (Wildman–Crippen MR) is 109 cm³/mol. The third kappa shape index (κ3) is 3.04. The topological polar surface area (TPSA) is 71.2 Å². The zero-order valence-corrected chi connectivity index (χ0v) is 16.8. The standard InChI is InChI=1S/C23H26N2O3/c1-13(2)18-11-23(27,14(3)9-21(18)26)12-20-22-17(7-8-24-20)16-6-5-15(28-4)10-19(16)25-22/h5-6,9-11,13,22,27H,7-8,12H2,1-4H3. The first-order valence-corrected chi connectivity index (χ1v) is 9.79. The fourth-order valence-electron chi connectivity index (χ4n) is 4.25. The van der Waals surface area contributed by atoms with Crippen molar-refractivity contribution in [3.8, 4) is 5.75 Å². The van der Waals surface area contributed by atoms with E-state index in [9.17, 15) is 9.90 Å². The number of hydrogen-bond acceptors (Lipinski definition) is 5. The van der Waals surface area contributed by atoms with E-state index in [0.29, 0.717) is 24.1 Å². The number of methoxy groups -OCH3 is 1. The summed E-state index contributed by atoms with van der Waals surface area (Å²) in [6, 6.07) is 5.83. The summed E-state index contributed by atoms with van der Waals surface area (Å²) in [5.74, 6) is 0.833. The van der Waals surface area contributed by atoms with Crippen LogP contribution >= 0.6 is 0 Å². The molecule has 28 heavy (non-hydrogen) atoms. The number of aliphatic imine (C=N–C) groups is 1. The summed E-state index contributed by atoms with van der Waals surface area (Å²) in [6.45, 7) is 6.45. The monoisotopic (exact) mass is 378 g/mol. The van der Waals surface area contributed by atoms with Crippen LogP contribution in [0.3, 0.4) is 0 Å². The summed E-state index contributed by atoms with van der Waals surface area (Å²) >= 11 is 0. The zero-order chi connectivity index (χ0) is 20.1. The number of nitrogens with zero attached hydrogens (tertiary/aromatic N) is 2. The quantitative estimate of drug-likeness (QED) is 0.870. The minimum Gasteiger partial charge on any atom is -0.497 e. The van der Waals surface area contributed by atoms with E-state index in [1.165, 1.54) is 5.57 Å². The lowest BCUT2D eigenvalue weighted by molar-refractivity contribution is -0.112. The summed E-state index contributed by atoms with van der Waals surface area (Å²) in [6.07, 6.45) is 4.52. The van der Waals surface area contributed by atoms with E-state index >= 15 is 0 Å². The van der Waals surface area contributed by atoms with E-state index in [0.717, 1.165) is 28.5 Å². The predicted octanol–water partition coefficient (Wildman–Crippen LogP) is 1.92. The molecule has 0 aromatic heterocycles. The van der Waals surface area contributed by atoms with Crippen LogP contribution in [0.15, 0.2) is 51.5 Å². The molecule has 1 aliphatic carbocycles. The van der Waals surface area contributed by atoms with E-state index in [1.54, 1.807) is 19.3 Å². The van der Waals surface area contributed by atoms with Crippen LogP contribution in [0.25, 0.3) is 5.57 Å². The minimum absolute atomic E-state index is 0.0138. The number of allylic oxidation sites excluding steroid dienone is 2. The van der Waals surface area contributed by atoms with Gasteiger partial charge in [-0.15, -0.1) is 0 Å². The molecule has 1 aromatic rings. The minimum atomic E-state index is -1.20. The second-order valence-corrected chi connectivity index (χ2v) is 8.11. The van der Waals surface area contributed by atoms with Crippen molar-refractivity contribution in [3.63, 3.8) is 0 Å². The molecule has 5 nitrogen and oxygen atoms in total. The highest BCUT2D eigenvalue weighted by Crippen LogP contribution is 2.34. The summed E-state index contributed by atoms with van der Waals surface area (Å²) in [5, 5.41) is 13.5. The van der Waals surface area contributed by atoms with Gasteiger partial charge in [0.15, 0.2) is 5.78 Å². The third-order valence-electron chi connectivity index (χ3n) is 5.94. The molecule has 3 aliphatic rings. The van der Waals surface area contributed by atoms with E-state index in [2.05, 4.69) is 6.07 Å². The van der Waals surface area contributed by atoms with Gasteiger partial charge in [-0.1, -0.05) is 13.8 Å². The molecule has 1 aromatic carbocycles. The van der Waals surface area contributed by atoms with E-state index in [1.807, 2.05) is 32.9 Å². The molecule has 4 rings (SSSR count). The molecular weight excluding hydrogens is 352 g/mol. The lowest BCUT2D eigenvalue weighted by Gasteiger charge is -2.33. The number of benzene rings is 1. The molecule has 0 fully saturated rings. The van der Waals surface area contributed by atoms with Gasteiger partial charge in [-0.05, 0) is 54.7 Å². The maximum atomic E-state index is 12.3. The van der Waals surface area contributed by atoms with Crippen LogP contribution < -0.4 is 15.3 Å². The molecule has 2 atom stereocenters. The molecule has 2 unspecified atom stereocenters. The van der Waals surface area contributed by atoms with Crippen molar-refractivity contribution >= 4 is 17.1 Å². The summed E-state index contributed by atoms with van der Waals surface area (Å²) < 4.78 is 5.33. The van der Waals surface area contributed by atoms with Crippen molar-refractivity contribution in [2.75, 3.05) is 13.7 Å². The first-order valence-electron chi connectivity index (χ1n) is 9.79. The molecule has 1 N–H and O–H groups in total. The van der Waals surface area contributed by atoms with Crippen LogP contribution in [0.5, 0.6) is 5.75 Å². The number of fused-ring (bicyclic) bond motifs is 2. The number of aliphatic hydroxyl groups is 1. The summed E-state index contributed by atoms with van der Waals surface area (Å²) in [4.78, 5) is 21.9. The number of carbonyl (C=O) groups is 1. The SMILES string of the molecule is COc1ccc2c(c1)=NC1C(CC3(O)C=C(C(C)C)C(=O)C=C3C)=NCCC=21. The van der Waals surface area contributed by atoms with Gasteiger partial charge < -0.3 is 9.84 Å². The number of rotatable bonds is 4. The number of carbonyl (C=O) groups excluding carboxylic acids is 1. The molecule has 0 bridgehead atoms. The van der Waals surface area contributed by atoms with Crippen molar-refractivity contribution in [3.05, 3.63) is 52.1 Å². The van der Waals surface area contributed by atoms with Crippen molar-refractivity contribution in [1.29, 1.82) is 0 Å². The second kappa shape index (κ2) is 6.82. The van der Waals surface area contributed by atoms with E-state index in [4.69, 9.17) is 14.7 Å². The number of hydrogen-bond donors (Lipinski definition) is 1. The van der Waals surface area contributed by atoms with Crippen LogP contribution in [0.1, 0.15) is 33.6 Å². The average molecular weight is 378 g/mol. The van der Waals surface area contributed by atoms with Crippen molar-refractivity contribution in [2.24, 2.45) is 15.9 Å². The molecule has 5 heteroatoms. The van der Waals surface area contributed by atoms with Crippen molar-refractivity contribution in [2.45, 2.75) is 45.3 Å². The zero-order valence-electron chi connectivity index (χ0n) is 16.8. The fraction of sp³-hybridized carbons (Fsp3) is 0.435. The number of ketones is 1. The molecule has 2 aliphatic heterocycles. The van der Waals surface area contributed by atoms with Crippen LogP contribution in [-0.4, -0.2) is 41.9 Å². The van der Waals surface area contributed by atoms with Gasteiger partial charge in [-0.3, -0.25) is 14.8 Å².